The van der Waals surface area contributed by atoms with Crippen molar-refractivity contribution in [3.8, 4) is 0 Å². The molecule has 0 saturated carbocycles. The Labute approximate surface area is 291 Å². The van der Waals surface area contributed by atoms with E-state index in [2.05, 4.69) is 21.3 Å². The molecule has 1 aliphatic heterocycles. The molecule has 0 spiro atoms. The van der Waals surface area contributed by atoms with Gasteiger partial charge in [0, 0.05) is 25.7 Å². The van der Waals surface area contributed by atoms with Crippen LogP contribution in [0.15, 0.2) is 30.3 Å². The number of benzene rings is 1. The van der Waals surface area contributed by atoms with E-state index in [-0.39, 0.29) is 36.7 Å². The number of likely N-dealkylation sites (tertiary alicyclic amines) is 1. The Morgan fingerprint density at radius 3 is 1.96 bits per heavy atom. The van der Waals surface area contributed by atoms with E-state index in [4.69, 9.17) is 4.74 Å². The maximum absolute atomic E-state index is 13.7. The fraction of sp³-hybridized carbons (Fsp3) is 0.686. The largest absolute Gasteiger partial charge is 0.445 e. The first-order valence-corrected chi connectivity index (χ1v) is 19.3. The van der Waals surface area contributed by atoms with Gasteiger partial charge in [-0.1, -0.05) is 71.9 Å². The second-order valence-electron chi connectivity index (χ2n) is 14.3. The van der Waals surface area contributed by atoms with E-state index >= 15 is 0 Å². The van der Waals surface area contributed by atoms with Gasteiger partial charge in [0.1, 0.15) is 30.5 Å². The van der Waals surface area contributed by atoms with Crippen LogP contribution in [0.5, 0.6) is 0 Å². The van der Waals surface area contributed by atoms with Crippen LogP contribution in [0, 0.1) is 23.7 Å². The van der Waals surface area contributed by atoms with Crippen LogP contribution >= 0.6 is 7.37 Å². The number of carbonyl (C=O) groups excluding carboxylic acids is 5. The number of likely N-dealkylation sites (N-methyl/N-ethyl adjacent to an activating group) is 1. The summed E-state index contributed by atoms with van der Waals surface area (Å²) < 4.78 is 19.1. The number of hydrogen-bond acceptors (Lipinski definition) is 7. The Kier molecular flexibility index (Phi) is 16.8. The van der Waals surface area contributed by atoms with Crippen LogP contribution in [0.1, 0.15) is 86.1 Å². The lowest BCUT2D eigenvalue weighted by Crippen LogP contribution is -2.54. The molecule has 276 valence electrons. The predicted octanol–water partition coefficient (Wildman–Crippen LogP) is 3.99. The predicted molar refractivity (Wildman–Crippen MR) is 188 cm³/mol. The molecule has 2 unspecified atom stereocenters. The van der Waals surface area contributed by atoms with E-state index in [1.807, 2.05) is 71.9 Å². The first-order valence-electron chi connectivity index (χ1n) is 17.4. The van der Waals surface area contributed by atoms with Crippen LogP contribution in [-0.4, -0.2) is 83.2 Å². The Morgan fingerprint density at radius 1 is 0.837 bits per heavy atom. The van der Waals surface area contributed by atoms with Crippen LogP contribution in [0.4, 0.5) is 4.79 Å². The first kappa shape index (κ1) is 41.7. The minimum atomic E-state index is -4.17. The molecule has 1 aliphatic rings. The monoisotopic (exact) mass is 707 g/mol. The molecule has 5 amide bonds. The summed E-state index contributed by atoms with van der Waals surface area (Å²) in [5.74, 6) is -3.97. The number of nitrogens with one attached hydrogen (secondary N) is 4. The Morgan fingerprint density at radius 2 is 1.41 bits per heavy atom. The van der Waals surface area contributed by atoms with Crippen molar-refractivity contribution < 1.29 is 38.2 Å². The maximum atomic E-state index is 13.7. The summed E-state index contributed by atoms with van der Waals surface area (Å²) in [6.45, 7) is 13.2. The van der Waals surface area contributed by atoms with Gasteiger partial charge in [-0.15, -0.1) is 0 Å². The molecule has 1 saturated heterocycles. The Bertz CT molecular complexity index is 1310. The number of rotatable bonds is 18. The highest BCUT2D eigenvalue weighted by atomic mass is 31.2. The van der Waals surface area contributed by atoms with E-state index in [1.165, 1.54) is 18.9 Å². The molecule has 6 atom stereocenters. The minimum absolute atomic E-state index is 0.0129. The molecule has 1 aromatic rings. The van der Waals surface area contributed by atoms with Crippen molar-refractivity contribution in [3.05, 3.63) is 35.9 Å². The lowest BCUT2D eigenvalue weighted by atomic mass is 9.96. The summed E-state index contributed by atoms with van der Waals surface area (Å²) in [6.07, 6.45) is 0.936. The summed E-state index contributed by atoms with van der Waals surface area (Å²) in [7, 11) is -2.68. The van der Waals surface area contributed by atoms with E-state index in [0.717, 1.165) is 5.56 Å². The van der Waals surface area contributed by atoms with Crippen LogP contribution in [0.25, 0.3) is 0 Å². The Hall–Kier alpha value is -3.44. The maximum Gasteiger partial charge on any atom is 0.410 e. The third-order valence-corrected chi connectivity index (χ3v) is 10.8. The van der Waals surface area contributed by atoms with Crippen molar-refractivity contribution in [1.82, 2.24) is 26.2 Å². The molecule has 14 heteroatoms. The summed E-state index contributed by atoms with van der Waals surface area (Å²) in [4.78, 5) is 78.2. The Balaban J connectivity index is 2.12. The van der Waals surface area contributed by atoms with Crippen molar-refractivity contribution in [3.63, 3.8) is 0 Å². The third-order valence-electron chi connectivity index (χ3n) is 8.49. The fourth-order valence-electron chi connectivity index (χ4n) is 5.91. The van der Waals surface area contributed by atoms with Gasteiger partial charge in [-0.3, -0.25) is 28.6 Å². The topological polar surface area (TPSA) is 183 Å². The zero-order valence-corrected chi connectivity index (χ0v) is 31.3. The van der Waals surface area contributed by atoms with Gasteiger partial charge < -0.3 is 30.9 Å². The highest BCUT2D eigenvalue weighted by Crippen LogP contribution is 2.47. The molecule has 2 rings (SSSR count). The van der Waals surface area contributed by atoms with Crippen molar-refractivity contribution >= 4 is 37.1 Å². The molecular formula is C35H58N5O8P. The molecule has 1 fully saturated rings. The summed E-state index contributed by atoms with van der Waals surface area (Å²) in [5.41, 5.74) is 0.815. The molecule has 0 bridgehead atoms. The minimum Gasteiger partial charge on any atom is -0.445 e. The molecule has 13 nitrogen and oxygen atoms in total. The molecule has 0 aromatic heterocycles. The molecule has 49 heavy (non-hydrogen) atoms. The average molecular weight is 708 g/mol. The van der Waals surface area contributed by atoms with Gasteiger partial charge in [-0.25, -0.2) is 4.79 Å². The van der Waals surface area contributed by atoms with E-state index in [9.17, 15) is 33.4 Å². The molecule has 1 aromatic carbocycles. The lowest BCUT2D eigenvalue weighted by Gasteiger charge is -2.29. The number of hydrogen-bond donors (Lipinski definition) is 5. The van der Waals surface area contributed by atoms with Gasteiger partial charge >= 0.3 is 6.09 Å². The van der Waals surface area contributed by atoms with Gasteiger partial charge in [0.05, 0.1) is 0 Å². The molecule has 0 aliphatic carbocycles. The van der Waals surface area contributed by atoms with Gasteiger partial charge in [0.2, 0.25) is 31.0 Å². The zero-order chi connectivity index (χ0) is 36.9. The summed E-state index contributed by atoms with van der Waals surface area (Å²) in [5, 5.41) is 10.7. The molecule has 0 radical (unpaired) electrons. The number of ether oxygens (including phenoxy) is 1. The average Bonchev–Trinajstić information content (AvgIpc) is 3.52. The highest BCUT2D eigenvalue weighted by Gasteiger charge is 2.39. The van der Waals surface area contributed by atoms with Crippen LogP contribution < -0.4 is 21.3 Å². The fourth-order valence-corrected chi connectivity index (χ4v) is 7.50. The second-order valence-corrected chi connectivity index (χ2v) is 17.0. The van der Waals surface area contributed by atoms with E-state index in [0.29, 0.717) is 32.2 Å². The number of nitrogens with zero attached hydrogens (tertiary/aromatic N) is 1. The van der Waals surface area contributed by atoms with Crippen molar-refractivity contribution in [2.24, 2.45) is 23.7 Å². The van der Waals surface area contributed by atoms with Gasteiger partial charge in [0.15, 0.2) is 0 Å². The smallest absolute Gasteiger partial charge is 0.410 e. The normalized spacial score (nSPS) is 18.3. The second kappa shape index (κ2) is 19.7. The zero-order valence-electron chi connectivity index (χ0n) is 30.4. The molecular weight excluding hydrogens is 649 g/mol. The van der Waals surface area contributed by atoms with Crippen molar-refractivity contribution in [1.29, 1.82) is 0 Å². The molecule has 5 N–H and O–H groups in total. The van der Waals surface area contributed by atoms with Crippen molar-refractivity contribution in [2.45, 2.75) is 111 Å². The quantitative estimate of drug-likeness (QED) is 0.142. The van der Waals surface area contributed by atoms with Gasteiger partial charge in [-0.2, -0.15) is 0 Å². The highest BCUT2D eigenvalue weighted by molar-refractivity contribution is 7.58. The SMILES string of the molecule is CNC(=O)[C@H](CC(C)C)NC(=O)C(CC(C)C)CP(=O)(O)[C@@H](C)NC(=O)[C@@H](CC(C)C)NC(=O)[C@@H]1CCCN1C(=O)OCc1ccccc1. The van der Waals surface area contributed by atoms with E-state index < -0.39 is 67.2 Å². The molecule has 1 heterocycles. The lowest BCUT2D eigenvalue weighted by molar-refractivity contribution is -0.131. The van der Waals surface area contributed by atoms with Gasteiger partial charge in [0.25, 0.3) is 0 Å². The summed E-state index contributed by atoms with van der Waals surface area (Å²) >= 11 is 0. The number of amides is 5. The van der Waals surface area contributed by atoms with Gasteiger partial charge in [-0.05, 0) is 62.3 Å². The third kappa shape index (κ3) is 13.8. The summed E-state index contributed by atoms with van der Waals surface area (Å²) in [6, 6.07) is 6.56. The van der Waals surface area contributed by atoms with Crippen molar-refractivity contribution in [2.75, 3.05) is 19.8 Å². The standard InChI is InChI=1S/C35H58N5O8P/c1-22(2)17-27(31(41)38-28(18-23(3)4)32(42)36-8)21-49(46,47)25(7)37-33(43)29(19-24(5)6)39-34(44)30-15-12-16-40(30)35(45)48-20-26-13-10-9-11-14-26/h9-11,13-14,22-25,27-30H,12,15-21H2,1-8H3,(H,36,42)(H,37,43)(H,38,41)(H,39,44)(H,46,47)/t25-,27?,28-,29+,30-/m0/s1. The number of carbonyl (C=O) groups is 5. The van der Waals surface area contributed by atoms with E-state index in [1.54, 1.807) is 0 Å². The van der Waals surface area contributed by atoms with Crippen LogP contribution in [-0.2, 0) is 35.1 Å². The first-order chi connectivity index (χ1) is 22.9. The van der Waals surface area contributed by atoms with Crippen LogP contribution in [0.2, 0.25) is 0 Å². The van der Waals surface area contributed by atoms with Crippen LogP contribution in [0.3, 0.4) is 0 Å².